The molecular formula is C26H25ClN2O4. The Balaban J connectivity index is 1.75. The lowest BCUT2D eigenvalue weighted by Gasteiger charge is -2.21. The lowest BCUT2D eigenvalue weighted by Crippen LogP contribution is -2.41. The van der Waals surface area contributed by atoms with Crippen LogP contribution in [0.25, 0.3) is 0 Å². The maximum Gasteiger partial charge on any atom is 0.329 e. The van der Waals surface area contributed by atoms with Crippen molar-refractivity contribution in [2.24, 2.45) is 0 Å². The molecule has 0 radical (unpaired) electrons. The van der Waals surface area contributed by atoms with Gasteiger partial charge in [0, 0.05) is 11.3 Å². The van der Waals surface area contributed by atoms with Crippen molar-refractivity contribution in [2.45, 2.75) is 32.9 Å². The number of anilines is 1. The summed E-state index contributed by atoms with van der Waals surface area (Å²) in [5.74, 6) is -1.76. The van der Waals surface area contributed by atoms with Crippen molar-refractivity contribution in [3.05, 3.63) is 100 Å². The van der Waals surface area contributed by atoms with E-state index in [1.165, 1.54) is 6.92 Å². The van der Waals surface area contributed by atoms with Gasteiger partial charge in [-0.15, -0.1) is 0 Å². The van der Waals surface area contributed by atoms with Crippen molar-refractivity contribution in [3.63, 3.8) is 0 Å². The molecule has 1 unspecified atom stereocenters. The van der Waals surface area contributed by atoms with Gasteiger partial charge in [0.1, 0.15) is 6.04 Å². The number of hydrogen-bond acceptors (Lipinski definition) is 4. The van der Waals surface area contributed by atoms with Gasteiger partial charge in [0.15, 0.2) is 0 Å². The molecule has 3 aromatic rings. The summed E-state index contributed by atoms with van der Waals surface area (Å²) in [4.78, 5) is 38.4. The van der Waals surface area contributed by atoms with Crippen molar-refractivity contribution in [3.8, 4) is 0 Å². The number of amides is 2. The molecule has 3 aromatic carbocycles. The third-order valence-corrected chi connectivity index (χ3v) is 5.21. The highest BCUT2D eigenvalue weighted by Gasteiger charge is 2.28. The molecule has 0 bridgehead atoms. The van der Waals surface area contributed by atoms with Crippen molar-refractivity contribution in [2.75, 3.05) is 5.32 Å². The van der Waals surface area contributed by atoms with Gasteiger partial charge in [0.2, 0.25) is 6.10 Å². The van der Waals surface area contributed by atoms with E-state index >= 15 is 0 Å². The van der Waals surface area contributed by atoms with Gasteiger partial charge in [-0.05, 0) is 56.2 Å². The molecule has 170 valence electrons. The Morgan fingerprint density at radius 1 is 0.879 bits per heavy atom. The number of halogens is 1. The van der Waals surface area contributed by atoms with Gasteiger partial charge in [-0.3, -0.25) is 9.59 Å². The van der Waals surface area contributed by atoms with Crippen LogP contribution in [0.5, 0.6) is 0 Å². The van der Waals surface area contributed by atoms with Gasteiger partial charge in [0.05, 0.1) is 10.6 Å². The Kier molecular flexibility index (Phi) is 7.85. The molecule has 2 amide bonds. The smallest absolute Gasteiger partial charge is 0.329 e. The summed E-state index contributed by atoms with van der Waals surface area (Å²) in [7, 11) is 0. The summed E-state index contributed by atoms with van der Waals surface area (Å²) in [5.41, 5.74) is 3.35. The fourth-order valence-corrected chi connectivity index (χ4v) is 3.57. The first-order valence-electron chi connectivity index (χ1n) is 10.4. The van der Waals surface area contributed by atoms with Crippen LogP contribution in [0.2, 0.25) is 5.02 Å². The molecule has 0 aliphatic rings. The molecule has 0 aliphatic carbocycles. The lowest BCUT2D eigenvalue weighted by molar-refractivity contribution is -0.156. The SMILES string of the molecule is Cc1cc(C)cc(NC(=O)C(OC(=O)[C@H](C)NC(=O)c2ccccc2Cl)c2ccccc2)c1. The van der Waals surface area contributed by atoms with E-state index in [1.807, 2.05) is 32.0 Å². The molecule has 2 atom stereocenters. The second kappa shape index (κ2) is 10.8. The maximum absolute atomic E-state index is 13.1. The van der Waals surface area contributed by atoms with Crippen molar-refractivity contribution < 1.29 is 19.1 Å². The fraction of sp³-hybridized carbons (Fsp3) is 0.192. The number of rotatable bonds is 7. The highest BCUT2D eigenvalue weighted by molar-refractivity contribution is 6.33. The van der Waals surface area contributed by atoms with E-state index in [2.05, 4.69) is 10.6 Å². The Bertz CT molecular complexity index is 1140. The molecule has 3 rings (SSSR count). The summed E-state index contributed by atoms with van der Waals surface area (Å²) in [6.07, 6.45) is -1.20. The molecule has 0 saturated heterocycles. The zero-order chi connectivity index (χ0) is 24.0. The highest BCUT2D eigenvalue weighted by atomic mass is 35.5. The Hall–Kier alpha value is -3.64. The van der Waals surface area contributed by atoms with Gasteiger partial charge >= 0.3 is 5.97 Å². The van der Waals surface area contributed by atoms with Crippen LogP contribution < -0.4 is 10.6 Å². The van der Waals surface area contributed by atoms with Gasteiger partial charge in [0.25, 0.3) is 11.8 Å². The number of carbonyl (C=O) groups excluding carboxylic acids is 3. The van der Waals surface area contributed by atoms with Gasteiger partial charge in [-0.25, -0.2) is 4.79 Å². The third-order valence-electron chi connectivity index (χ3n) is 4.88. The Labute approximate surface area is 197 Å². The molecule has 2 N–H and O–H groups in total. The van der Waals surface area contributed by atoms with Gasteiger partial charge < -0.3 is 15.4 Å². The molecule has 6 nitrogen and oxygen atoms in total. The van der Waals surface area contributed by atoms with E-state index in [0.29, 0.717) is 11.3 Å². The lowest BCUT2D eigenvalue weighted by atomic mass is 10.1. The summed E-state index contributed by atoms with van der Waals surface area (Å²) in [6.45, 7) is 5.35. The van der Waals surface area contributed by atoms with E-state index in [4.69, 9.17) is 16.3 Å². The first-order chi connectivity index (χ1) is 15.7. The Morgan fingerprint density at radius 2 is 1.48 bits per heavy atom. The van der Waals surface area contributed by atoms with Crippen molar-refractivity contribution >= 4 is 35.1 Å². The molecule has 0 aromatic heterocycles. The Morgan fingerprint density at radius 3 is 2.12 bits per heavy atom. The van der Waals surface area contributed by atoms with Crippen LogP contribution in [-0.4, -0.2) is 23.8 Å². The fourth-order valence-electron chi connectivity index (χ4n) is 3.35. The topological polar surface area (TPSA) is 84.5 Å². The number of esters is 1. The molecule has 0 aliphatic heterocycles. The standard InChI is InChI=1S/C26H25ClN2O4/c1-16-13-17(2)15-20(14-16)29-25(31)23(19-9-5-4-6-10-19)33-26(32)18(3)28-24(30)21-11-7-8-12-22(21)27/h4-15,18,23H,1-3H3,(H,28,30)(H,29,31)/t18-,23?/m0/s1. The van der Waals surface area contributed by atoms with Crippen LogP contribution in [0.15, 0.2) is 72.8 Å². The zero-order valence-electron chi connectivity index (χ0n) is 18.6. The molecule has 0 saturated carbocycles. The molecule has 0 fully saturated rings. The minimum Gasteiger partial charge on any atom is -0.446 e. The quantitative estimate of drug-likeness (QED) is 0.482. The zero-order valence-corrected chi connectivity index (χ0v) is 19.3. The average Bonchev–Trinajstić information content (AvgIpc) is 2.77. The van der Waals surface area contributed by atoms with E-state index in [1.54, 1.807) is 54.6 Å². The number of benzene rings is 3. The first kappa shape index (κ1) is 24.0. The van der Waals surface area contributed by atoms with Gasteiger partial charge in [-0.1, -0.05) is 60.1 Å². The third kappa shape index (κ3) is 6.43. The second-order valence-corrected chi connectivity index (χ2v) is 8.18. The number of hydrogen-bond donors (Lipinski definition) is 2. The molecule has 0 spiro atoms. The van der Waals surface area contributed by atoms with E-state index in [-0.39, 0.29) is 10.6 Å². The first-order valence-corrected chi connectivity index (χ1v) is 10.8. The normalized spacial score (nSPS) is 12.4. The minimum absolute atomic E-state index is 0.242. The largest absolute Gasteiger partial charge is 0.446 e. The predicted octanol–water partition coefficient (Wildman–Crippen LogP) is 5.00. The highest BCUT2D eigenvalue weighted by Crippen LogP contribution is 2.22. The minimum atomic E-state index is -1.20. The van der Waals surface area contributed by atoms with E-state index in [9.17, 15) is 14.4 Å². The van der Waals surface area contributed by atoms with Crippen LogP contribution in [-0.2, 0) is 14.3 Å². The summed E-state index contributed by atoms with van der Waals surface area (Å²) in [5, 5.41) is 5.66. The summed E-state index contributed by atoms with van der Waals surface area (Å²) < 4.78 is 5.56. The van der Waals surface area contributed by atoms with Crippen LogP contribution in [0.1, 0.15) is 40.1 Å². The van der Waals surface area contributed by atoms with Gasteiger partial charge in [-0.2, -0.15) is 0 Å². The van der Waals surface area contributed by atoms with E-state index < -0.39 is 29.9 Å². The molecular weight excluding hydrogens is 440 g/mol. The molecule has 33 heavy (non-hydrogen) atoms. The number of nitrogens with one attached hydrogen (secondary N) is 2. The average molecular weight is 465 g/mol. The number of aryl methyl sites for hydroxylation is 2. The molecule has 7 heteroatoms. The maximum atomic E-state index is 13.1. The number of ether oxygens (including phenoxy) is 1. The van der Waals surface area contributed by atoms with Crippen LogP contribution in [0.4, 0.5) is 5.69 Å². The summed E-state index contributed by atoms with van der Waals surface area (Å²) in [6, 6.07) is 19.9. The molecule has 0 heterocycles. The van der Waals surface area contributed by atoms with E-state index in [0.717, 1.165) is 11.1 Å². The van der Waals surface area contributed by atoms with Crippen molar-refractivity contribution in [1.82, 2.24) is 5.32 Å². The predicted molar refractivity (Wildman–Crippen MR) is 128 cm³/mol. The summed E-state index contributed by atoms with van der Waals surface area (Å²) >= 11 is 6.06. The van der Waals surface area contributed by atoms with Crippen LogP contribution >= 0.6 is 11.6 Å². The van der Waals surface area contributed by atoms with Crippen LogP contribution in [0.3, 0.4) is 0 Å². The second-order valence-electron chi connectivity index (χ2n) is 7.77. The number of carbonyl (C=O) groups is 3. The van der Waals surface area contributed by atoms with Crippen LogP contribution in [0, 0.1) is 13.8 Å². The monoisotopic (exact) mass is 464 g/mol. The van der Waals surface area contributed by atoms with Crippen molar-refractivity contribution in [1.29, 1.82) is 0 Å².